The third kappa shape index (κ3) is 3.34. The molecular formula is C10H16BrN3O. The van der Waals surface area contributed by atoms with E-state index in [2.05, 4.69) is 33.3 Å². The Labute approximate surface area is 98.2 Å². The number of aryl methyl sites for hydroxylation is 1. The number of aromatic nitrogens is 2. The van der Waals surface area contributed by atoms with E-state index >= 15 is 0 Å². The Kier molecular flexibility index (Phi) is 4.32. The second-order valence-corrected chi connectivity index (χ2v) is 5.16. The lowest BCUT2D eigenvalue weighted by Gasteiger charge is -2.05. The van der Waals surface area contributed by atoms with Crippen molar-refractivity contribution in [1.82, 2.24) is 15.1 Å². The van der Waals surface area contributed by atoms with Crippen molar-refractivity contribution >= 4 is 21.8 Å². The minimum Gasteiger partial charge on any atom is -0.352 e. The van der Waals surface area contributed by atoms with Gasteiger partial charge in [0.25, 0.3) is 5.91 Å². The van der Waals surface area contributed by atoms with Crippen LogP contribution in [0.15, 0.2) is 6.20 Å². The van der Waals surface area contributed by atoms with Crippen LogP contribution in [0.25, 0.3) is 0 Å². The number of hydrogen-bond donors (Lipinski definition) is 1. The number of nitrogens with zero attached hydrogens (tertiary/aromatic N) is 2. The maximum atomic E-state index is 11.7. The predicted molar refractivity (Wildman–Crippen MR) is 63.3 cm³/mol. The molecule has 1 N–H and O–H groups in total. The summed E-state index contributed by atoms with van der Waals surface area (Å²) < 4.78 is 1.70. The van der Waals surface area contributed by atoms with Crippen LogP contribution in [0, 0.1) is 6.92 Å². The molecule has 1 atom stereocenters. The fourth-order valence-corrected chi connectivity index (χ4v) is 1.43. The lowest BCUT2D eigenvalue weighted by molar-refractivity contribution is 0.0952. The standard InChI is InChI=1S/C10H16BrN3O/c1-7(11)4-5-12-10(15)9-6-13-14(3)8(9)2/h6-7H,4-5H2,1-3H3,(H,12,15). The summed E-state index contributed by atoms with van der Waals surface area (Å²) in [5, 5.41) is 6.89. The van der Waals surface area contributed by atoms with Crippen LogP contribution >= 0.6 is 15.9 Å². The summed E-state index contributed by atoms with van der Waals surface area (Å²) in [6, 6.07) is 0. The van der Waals surface area contributed by atoms with Gasteiger partial charge in [0.2, 0.25) is 0 Å². The second-order valence-electron chi connectivity index (χ2n) is 3.59. The first-order valence-corrected chi connectivity index (χ1v) is 5.84. The van der Waals surface area contributed by atoms with E-state index < -0.39 is 0 Å². The van der Waals surface area contributed by atoms with E-state index in [-0.39, 0.29) is 5.91 Å². The van der Waals surface area contributed by atoms with E-state index in [4.69, 9.17) is 0 Å². The molecule has 0 bridgehead atoms. The second kappa shape index (κ2) is 5.30. The zero-order valence-corrected chi connectivity index (χ0v) is 10.8. The average molecular weight is 274 g/mol. The Morgan fingerprint density at radius 3 is 2.87 bits per heavy atom. The smallest absolute Gasteiger partial charge is 0.254 e. The van der Waals surface area contributed by atoms with E-state index in [1.54, 1.807) is 10.9 Å². The van der Waals surface area contributed by atoms with Crippen molar-refractivity contribution in [3.05, 3.63) is 17.5 Å². The summed E-state index contributed by atoms with van der Waals surface area (Å²) in [5.41, 5.74) is 1.54. The van der Waals surface area contributed by atoms with Gasteiger partial charge in [-0.05, 0) is 13.3 Å². The zero-order valence-electron chi connectivity index (χ0n) is 9.25. The van der Waals surface area contributed by atoms with Crippen molar-refractivity contribution < 1.29 is 4.79 Å². The maximum absolute atomic E-state index is 11.7. The van der Waals surface area contributed by atoms with Crippen molar-refractivity contribution in [2.45, 2.75) is 25.1 Å². The van der Waals surface area contributed by atoms with Gasteiger partial charge in [0, 0.05) is 24.1 Å². The van der Waals surface area contributed by atoms with E-state index in [0.717, 1.165) is 12.1 Å². The molecule has 0 aliphatic heterocycles. The third-order valence-corrected chi connectivity index (χ3v) is 2.77. The van der Waals surface area contributed by atoms with Gasteiger partial charge in [0.1, 0.15) is 0 Å². The lowest BCUT2D eigenvalue weighted by Crippen LogP contribution is -2.26. The van der Waals surface area contributed by atoms with Gasteiger partial charge >= 0.3 is 0 Å². The monoisotopic (exact) mass is 273 g/mol. The predicted octanol–water partition coefficient (Wildman–Crippen LogP) is 1.63. The van der Waals surface area contributed by atoms with Crippen LogP contribution in [0.4, 0.5) is 0 Å². The summed E-state index contributed by atoms with van der Waals surface area (Å²) in [7, 11) is 1.83. The quantitative estimate of drug-likeness (QED) is 0.848. The van der Waals surface area contributed by atoms with E-state index in [9.17, 15) is 4.79 Å². The number of rotatable bonds is 4. The highest BCUT2D eigenvalue weighted by atomic mass is 79.9. The molecule has 84 valence electrons. The molecule has 1 rings (SSSR count). The van der Waals surface area contributed by atoms with Crippen LogP contribution in [0.5, 0.6) is 0 Å². The first-order valence-electron chi connectivity index (χ1n) is 4.93. The van der Waals surface area contributed by atoms with Gasteiger partial charge in [0.05, 0.1) is 11.8 Å². The molecule has 0 aliphatic carbocycles. The highest BCUT2D eigenvalue weighted by Crippen LogP contribution is 2.06. The normalized spacial score (nSPS) is 12.5. The van der Waals surface area contributed by atoms with Gasteiger partial charge in [-0.2, -0.15) is 5.10 Å². The molecule has 15 heavy (non-hydrogen) atoms. The fraction of sp³-hybridized carbons (Fsp3) is 0.600. The number of carbonyl (C=O) groups is 1. The summed E-state index contributed by atoms with van der Waals surface area (Å²) in [5.74, 6) is -0.0475. The van der Waals surface area contributed by atoms with Gasteiger partial charge in [-0.3, -0.25) is 9.48 Å². The molecule has 0 fully saturated rings. The van der Waals surface area contributed by atoms with Crippen molar-refractivity contribution in [1.29, 1.82) is 0 Å². The minimum absolute atomic E-state index is 0.0475. The number of amides is 1. The van der Waals surface area contributed by atoms with Crippen LogP contribution in [0.1, 0.15) is 29.4 Å². The lowest BCUT2D eigenvalue weighted by atomic mass is 10.2. The van der Waals surface area contributed by atoms with Gasteiger partial charge in [0.15, 0.2) is 0 Å². The first-order chi connectivity index (χ1) is 7.02. The molecule has 5 heteroatoms. The largest absolute Gasteiger partial charge is 0.352 e. The molecule has 0 aliphatic rings. The maximum Gasteiger partial charge on any atom is 0.254 e. The molecule has 0 radical (unpaired) electrons. The average Bonchev–Trinajstić information content (AvgIpc) is 2.47. The zero-order chi connectivity index (χ0) is 11.4. The van der Waals surface area contributed by atoms with Crippen LogP contribution in [-0.2, 0) is 7.05 Å². The van der Waals surface area contributed by atoms with Gasteiger partial charge in [-0.1, -0.05) is 22.9 Å². The SMILES string of the molecule is Cc1c(C(=O)NCCC(C)Br)cnn1C. The Morgan fingerprint density at radius 2 is 2.40 bits per heavy atom. The number of halogens is 1. The minimum atomic E-state index is -0.0475. The molecule has 0 saturated heterocycles. The van der Waals surface area contributed by atoms with Crippen LogP contribution in [0.3, 0.4) is 0 Å². The fourth-order valence-electron chi connectivity index (χ4n) is 1.20. The molecule has 0 spiro atoms. The number of carbonyl (C=O) groups excluding carboxylic acids is 1. The molecule has 1 aromatic heterocycles. The van der Waals surface area contributed by atoms with Crippen LogP contribution < -0.4 is 5.32 Å². The molecular weight excluding hydrogens is 258 g/mol. The topological polar surface area (TPSA) is 46.9 Å². The Hall–Kier alpha value is -0.840. The molecule has 1 unspecified atom stereocenters. The highest BCUT2D eigenvalue weighted by molar-refractivity contribution is 9.09. The van der Waals surface area contributed by atoms with Gasteiger partial charge in [-0.25, -0.2) is 0 Å². The number of nitrogens with one attached hydrogen (secondary N) is 1. The summed E-state index contributed by atoms with van der Waals surface area (Å²) in [6.07, 6.45) is 2.52. The van der Waals surface area contributed by atoms with E-state index in [1.165, 1.54) is 0 Å². The third-order valence-electron chi connectivity index (χ3n) is 2.31. The number of hydrogen-bond acceptors (Lipinski definition) is 2. The van der Waals surface area contributed by atoms with E-state index in [1.807, 2.05) is 14.0 Å². The van der Waals surface area contributed by atoms with Crippen molar-refractivity contribution in [3.63, 3.8) is 0 Å². The van der Waals surface area contributed by atoms with Crippen LogP contribution in [0.2, 0.25) is 0 Å². The Morgan fingerprint density at radius 1 is 1.73 bits per heavy atom. The molecule has 0 saturated carbocycles. The molecule has 1 aromatic rings. The van der Waals surface area contributed by atoms with Crippen molar-refractivity contribution in [3.8, 4) is 0 Å². The summed E-state index contributed by atoms with van der Waals surface area (Å²) >= 11 is 3.43. The first kappa shape index (κ1) is 12.2. The highest BCUT2D eigenvalue weighted by Gasteiger charge is 2.11. The Bertz CT molecular complexity index is 346. The van der Waals surface area contributed by atoms with Gasteiger partial charge < -0.3 is 5.32 Å². The van der Waals surface area contributed by atoms with Crippen LogP contribution in [-0.4, -0.2) is 27.1 Å². The van der Waals surface area contributed by atoms with Crippen molar-refractivity contribution in [2.75, 3.05) is 6.54 Å². The molecule has 1 amide bonds. The summed E-state index contributed by atoms with van der Waals surface area (Å²) in [6.45, 7) is 4.62. The number of alkyl halides is 1. The molecule has 0 aromatic carbocycles. The summed E-state index contributed by atoms with van der Waals surface area (Å²) in [4.78, 5) is 12.1. The molecule has 4 nitrogen and oxygen atoms in total. The van der Waals surface area contributed by atoms with Crippen molar-refractivity contribution in [2.24, 2.45) is 7.05 Å². The van der Waals surface area contributed by atoms with Gasteiger partial charge in [-0.15, -0.1) is 0 Å². The molecule has 1 heterocycles. The Balaban J connectivity index is 2.51. The van der Waals surface area contributed by atoms with E-state index in [0.29, 0.717) is 16.9 Å².